The van der Waals surface area contributed by atoms with Crippen LogP contribution < -0.4 is 19.1 Å². The number of nitrogens with zero attached hydrogens (tertiary/aromatic N) is 1. The molecule has 0 atom stereocenters. The quantitative estimate of drug-likeness (QED) is 0.589. The minimum Gasteiger partial charge on any atom is -0.497 e. The fraction of sp³-hybridized carbons (Fsp3) is 0.350. The van der Waals surface area contributed by atoms with E-state index in [0.29, 0.717) is 18.0 Å². The Bertz CT molecular complexity index is 946. The van der Waals surface area contributed by atoms with E-state index < -0.39 is 22.5 Å². The summed E-state index contributed by atoms with van der Waals surface area (Å²) in [5, 5.41) is 2.64. The van der Waals surface area contributed by atoms with Crippen molar-refractivity contribution in [3.8, 4) is 11.5 Å². The Labute approximate surface area is 171 Å². The molecule has 29 heavy (non-hydrogen) atoms. The molecular formula is C20H26N2O6S. The summed E-state index contributed by atoms with van der Waals surface area (Å²) in [4.78, 5) is 12.4. The van der Waals surface area contributed by atoms with E-state index in [4.69, 9.17) is 14.2 Å². The van der Waals surface area contributed by atoms with Gasteiger partial charge in [0, 0.05) is 19.7 Å². The number of ether oxygens (including phenoxy) is 3. The first-order valence-corrected chi connectivity index (χ1v) is 10.3. The lowest BCUT2D eigenvalue weighted by Gasteiger charge is -2.25. The smallest absolute Gasteiger partial charge is 0.268 e. The summed E-state index contributed by atoms with van der Waals surface area (Å²) in [5.74, 6) is 0.210. The molecule has 0 unspecified atom stereocenters. The van der Waals surface area contributed by atoms with E-state index in [-0.39, 0.29) is 17.2 Å². The highest BCUT2D eigenvalue weighted by atomic mass is 32.2. The number of anilines is 1. The van der Waals surface area contributed by atoms with Gasteiger partial charge in [-0.15, -0.1) is 0 Å². The number of carbonyl (C=O) groups is 1. The molecule has 2 aromatic carbocycles. The lowest BCUT2D eigenvalue weighted by atomic mass is 10.2. The van der Waals surface area contributed by atoms with Gasteiger partial charge in [0.15, 0.2) is 0 Å². The van der Waals surface area contributed by atoms with Gasteiger partial charge in [0.25, 0.3) is 10.0 Å². The average molecular weight is 423 g/mol. The molecule has 0 saturated heterocycles. The Morgan fingerprint density at radius 3 is 2.48 bits per heavy atom. The van der Waals surface area contributed by atoms with E-state index in [1.807, 2.05) is 0 Å². The number of rotatable bonds is 10. The van der Waals surface area contributed by atoms with Gasteiger partial charge in [-0.05, 0) is 36.8 Å². The first-order chi connectivity index (χ1) is 13.8. The Hall–Kier alpha value is -2.78. The van der Waals surface area contributed by atoms with Gasteiger partial charge >= 0.3 is 0 Å². The van der Waals surface area contributed by atoms with Gasteiger partial charge in [-0.2, -0.15) is 0 Å². The fourth-order valence-electron chi connectivity index (χ4n) is 2.66. The van der Waals surface area contributed by atoms with Crippen molar-refractivity contribution in [2.45, 2.75) is 11.8 Å². The Balaban J connectivity index is 2.50. The van der Waals surface area contributed by atoms with Crippen molar-refractivity contribution in [3.05, 3.63) is 48.0 Å². The molecule has 8 nitrogen and oxygen atoms in total. The highest BCUT2D eigenvalue weighted by Crippen LogP contribution is 2.32. The number of benzene rings is 2. The van der Waals surface area contributed by atoms with Crippen LogP contribution in [-0.4, -0.2) is 55.4 Å². The lowest BCUT2D eigenvalue weighted by molar-refractivity contribution is -0.119. The molecule has 0 saturated carbocycles. The zero-order valence-corrected chi connectivity index (χ0v) is 17.8. The molecule has 1 N–H and O–H groups in total. The van der Waals surface area contributed by atoms with Crippen LogP contribution in [0.3, 0.4) is 0 Å². The van der Waals surface area contributed by atoms with E-state index in [2.05, 4.69) is 5.32 Å². The fourth-order valence-corrected chi connectivity index (χ4v) is 4.32. The molecule has 0 aliphatic rings. The van der Waals surface area contributed by atoms with Gasteiger partial charge in [-0.1, -0.05) is 12.1 Å². The summed E-state index contributed by atoms with van der Waals surface area (Å²) in [5.41, 5.74) is 1.05. The first-order valence-electron chi connectivity index (χ1n) is 8.90. The molecule has 0 aromatic heterocycles. The van der Waals surface area contributed by atoms with Gasteiger partial charge in [0.1, 0.15) is 22.9 Å². The van der Waals surface area contributed by atoms with Crippen molar-refractivity contribution in [2.75, 3.05) is 45.3 Å². The van der Waals surface area contributed by atoms with Crippen LogP contribution in [0.1, 0.15) is 5.56 Å². The Morgan fingerprint density at radius 2 is 1.83 bits per heavy atom. The summed E-state index contributed by atoms with van der Waals surface area (Å²) in [6, 6.07) is 11.4. The summed E-state index contributed by atoms with van der Waals surface area (Å²) in [7, 11) is 0.293. The first kappa shape index (κ1) is 22.5. The molecule has 0 aliphatic heterocycles. The minimum atomic E-state index is -4.11. The van der Waals surface area contributed by atoms with Crippen molar-refractivity contribution >= 4 is 21.6 Å². The van der Waals surface area contributed by atoms with E-state index in [0.717, 1.165) is 9.87 Å². The third-order valence-corrected chi connectivity index (χ3v) is 5.94. The normalized spacial score (nSPS) is 11.0. The number of aryl methyl sites for hydroxylation is 1. The predicted molar refractivity (Wildman–Crippen MR) is 110 cm³/mol. The van der Waals surface area contributed by atoms with Crippen LogP contribution in [0.25, 0.3) is 0 Å². The van der Waals surface area contributed by atoms with Crippen LogP contribution in [0, 0.1) is 6.92 Å². The largest absolute Gasteiger partial charge is 0.497 e. The van der Waals surface area contributed by atoms with Crippen LogP contribution in [-0.2, 0) is 19.6 Å². The van der Waals surface area contributed by atoms with Crippen LogP contribution >= 0.6 is 0 Å². The molecule has 0 heterocycles. The standard InChI is InChI=1S/C20H26N2O6S/c1-15-8-9-18(28-4)19(12-15)29(24,25)22(14-20(23)21-10-11-26-2)16-6-5-7-17(13-16)27-3/h5-9,12-13H,10-11,14H2,1-4H3,(H,21,23). The van der Waals surface area contributed by atoms with Gasteiger partial charge in [0.2, 0.25) is 5.91 Å². The van der Waals surface area contributed by atoms with Gasteiger partial charge in [0.05, 0.1) is 26.5 Å². The minimum absolute atomic E-state index is 0.0208. The zero-order valence-electron chi connectivity index (χ0n) is 17.0. The number of sulfonamides is 1. The monoisotopic (exact) mass is 422 g/mol. The third kappa shape index (κ3) is 5.61. The summed E-state index contributed by atoms with van der Waals surface area (Å²) in [6.07, 6.45) is 0. The average Bonchev–Trinajstić information content (AvgIpc) is 2.72. The maximum absolute atomic E-state index is 13.5. The topological polar surface area (TPSA) is 94.2 Å². The van der Waals surface area contributed by atoms with Crippen molar-refractivity contribution in [1.82, 2.24) is 5.32 Å². The molecule has 2 rings (SSSR count). The molecule has 2 aromatic rings. The van der Waals surface area contributed by atoms with Crippen molar-refractivity contribution in [3.63, 3.8) is 0 Å². The number of hydrogen-bond donors (Lipinski definition) is 1. The molecule has 0 aliphatic carbocycles. The van der Waals surface area contributed by atoms with Crippen molar-refractivity contribution < 1.29 is 27.4 Å². The second kappa shape index (κ2) is 10.1. The van der Waals surface area contributed by atoms with Crippen molar-refractivity contribution in [2.24, 2.45) is 0 Å². The predicted octanol–water partition coefficient (Wildman–Crippen LogP) is 1.97. The van der Waals surface area contributed by atoms with Crippen molar-refractivity contribution in [1.29, 1.82) is 0 Å². The molecular weight excluding hydrogens is 396 g/mol. The van der Waals surface area contributed by atoms with Gasteiger partial charge < -0.3 is 19.5 Å². The number of nitrogens with one attached hydrogen (secondary N) is 1. The molecule has 0 bridgehead atoms. The second-order valence-corrected chi connectivity index (χ2v) is 8.04. The zero-order chi connectivity index (χ0) is 21.4. The molecule has 9 heteroatoms. The van der Waals surface area contributed by atoms with Gasteiger partial charge in [-0.3, -0.25) is 9.10 Å². The molecule has 0 spiro atoms. The van der Waals surface area contributed by atoms with Crippen LogP contribution in [0.4, 0.5) is 5.69 Å². The van der Waals surface area contributed by atoms with Crippen LogP contribution in [0.5, 0.6) is 11.5 Å². The highest BCUT2D eigenvalue weighted by molar-refractivity contribution is 7.93. The van der Waals surface area contributed by atoms with Crippen LogP contribution in [0.15, 0.2) is 47.4 Å². The number of methoxy groups -OCH3 is 3. The number of amides is 1. The molecule has 1 amide bonds. The lowest BCUT2D eigenvalue weighted by Crippen LogP contribution is -2.41. The maximum Gasteiger partial charge on any atom is 0.268 e. The molecule has 0 fully saturated rings. The number of carbonyl (C=O) groups excluding carboxylic acids is 1. The Kier molecular flexibility index (Phi) is 7.86. The maximum atomic E-state index is 13.5. The van der Waals surface area contributed by atoms with E-state index in [1.165, 1.54) is 27.4 Å². The third-order valence-electron chi connectivity index (χ3n) is 4.14. The molecule has 0 radical (unpaired) electrons. The van der Waals surface area contributed by atoms with E-state index in [1.54, 1.807) is 43.3 Å². The summed E-state index contributed by atoms with van der Waals surface area (Å²) in [6.45, 7) is 1.97. The number of hydrogen-bond acceptors (Lipinski definition) is 6. The highest BCUT2D eigenvalue weighted by Gasteiger charge is 2.30. The molecule has 158 valence electrons. The summed E-state index contributed by atoms with van der Waals surface area (Å²) < 4.78 is 43.5. The summed E-state index contributed by atoms with van der Waals surface area (Å²) >= 11 is 0. The van der Waals surface area contributed by atoms with E-state index in [9.17, 15) is 13.2 Å². The van der Waals surface area contributed by atoms with E-state index >= 15 is 0 Å². The second-order valence-electron chi connectivity index (χ2n) is 6.21. The Morgan fingerprint density at radius 1 is 1.07 bits per heavy atom. The SMILES string of the molecule is COCCNC(=O)CN(c1cccc(OC)c1)S(=O)(=O)c1cc(C)ccc1OC. The van der Waals surface area contributed by atoms with Gasteiger partial charge in [-0.25, -0.2) is 8.42 Å². The van der Waals surface area contributed by atoms with Crippen LogP contribution in [0.2, 0.25) is 0 Å².